The molecule has 0 bridgehead atoms. The minimum Gasteiger partial charge on any atom is -0.292 e. The number of Topliss-reactive ketones (excluding diaryl/α,β-unsaturated/α-hetero) is 1. The lowest BCUT2D eigenvalue weighted by atomic mass is 10.1. The average Bonchev–Trinajstić information content (AvgIpc) is 3.01. The molecule has 2 aromatic heterocycles. The molecule has 3 aromatic rings. The Morgan fingerprint density at radius 2 is 2.00 bits per heavy atom. The van der Waals surface area contributed by atoms with E-state index in [0.29, 0.717) is 16.1 Å². The number of hydrogen-bond donors (Lipinski definition) is 0. The molecule has 0 aliphatic rings. The van der Waals surface area contributed by atoms with Crippen LogP contribution in [0.2, 0.25) is 0 Å². The number of ketones is 1. The molecule has 0 saturated heterocycles. The van der Waals surface area contributed by atoms with Crippen molar-refractivity contribution in [1.29, 1.82) is 0 Å². The molecule has 3 rings (SSSR count). The molecule has 1 aromatic carbocycles. The Morgan fingerprint density at radius 1 is 1.29 bits per heavy atom. The van der Waals surface area contributed by atoms with E-state index in [1.54, 1.807) is 23.5 Å². The number of benzene rings is 1. The summed E-state index contributed by atoms with van der Waals surface area (Å²) in [6.07, 6.45) is 2.74. The monoisotopic (exact) mass is 358 g/mol. The van der Waals surface area contributed by atoms with Crippen molar-refractivity contribution in [3.63, 3.8) is 0 Å². The summed E-state index contributed by atoms with van der Waals surface area (Å²) in [5, 5.41) is 1.18. The number of aromatic nitrogens is 2. The highest BCUT2D eigenvalue weighted by Crippen LogP contribution is 2.24. The van der Waals surface area contributed by atoms with E-state index in [0.717, 1.165) is 21.7 Å². The summed E-state index contributed by atoms with van der Waals surface area (Å²) >= 11 is 2.93. The maximum atomic E-state index is 12.8. The number of thioether (sulfide) groups is 1. The Kier molecular flexibility index (Phi) is 4.87. The van der Waals surface area contributed by atoms with E-state index in [-0.39, 0.29) is 17.9 Å². The van der Waals surface area contributed by atoms with Crippen molar-refractivity contribution >= 4 is 39.1 Å². The molecule has 0 atom stereocenters. The summed E-state index contributed by atoms with van der Waals surface area (Å²) in [7, 11) is 0. The highest BCUT2D eigenvalue weighted by atomic mass is 32.2. The standard InChI is InChI=1S/C18H18N2O2S2/c1-4-13-9-14-16(24-13)19-18(23-3)20(17(14)22)10-15(21)12-7-5-11(2)6-8-12/h5-9H,4,10H2,1-3H3. The van der Waals surface area contributed by atoms with Crippen LogP contribution in [0.15, 0.2) is 40.3 Å². The molecule has 0 aliphatic heterocycles. The van der Waals surface area contributed by atoms with Crippen molar-refractivity contribution in [2.75, 3.05) is 6.26 Å². The maximum Gasteiger partial charge on any atom is 0.263 e. The Bertz CT molecular complexity index is 956. The van der Waals surface area contributed by atoms with Gasteiger partial charge in [0.15, 0.2) is 10.9 Å². The van der Waals surface area contributed by atoms with Gasteiger partial charge in [0.2, 0.25) is 0 Å². The summed E-state index contributed by atoms with van der Waals surface area (Å²) in [6.45, 7) is 4.04. The minimum atomic E-state index is -0.138. The summed E-state index contributed by atoms with van der Waals surface area (Å²) in [5.41, 5.74) is 1.57. The first-order valence-corrected chi connectivity index (χ1v) is 9.74. The van der Waals surface area contributed by atoms with Gasteiger partial charge < -0.3 is 0 Å². The maximum absolute atomic E-state index is 12.8. The molecule has 6 heteroatoms. The van der Waals surface area contributed by atoms with Gasteiger partial charge in [-0.05, 0) is 25.7 Å². The van der Waals surface area contributed by atoms with Crippen LogP contribution in [0.5, 0.6) is 0 Å². The normalized spacial score (nSPS) is 11.1. The number of carbonyl (C=O) groups excluding carboxylic acids is 1. The highest BCUT2D eigenvalue weighted by molar-refractivity contribution is 7.98. The number of rotatable bonds is 5. The molecule has 0 radical (unpaired) electrons. The van der Waals surface area contributed by atoms with Gasteiger partial charge >= 0.3 is 0 Å². The average molecular weight is 358 g/mol. The minimum absolute atomic E-state index is 0.0122. The van der Waals surface area contributed by atoms with Gasteiger partial charge in [-0.1, -0.05) is 48.5 Å². The van der Waals surface area contributed by atoms with Gasteiger partial charge in [0.1, 0.15) is 4.83 Å². The first-order valence-electron chi connectivity index (χ1n) is 7.70. The Balaban J connectivity index is 2.04. The van der Waals surface area contributed by atoms with Crippen LogP contribution in [0.4, 0.5) is 0 Å². The second kappa shape index (κ2) is 6.91. The predicted octanol–water partition coefficient (Wildman–Crippen LogP) is 3.93. The topological polar surface area (TPSA) is 52.0 Å². The van der Waals surface area contributed by atoms with Crippen molar-refractivity contribution in [3.05, 3.63) is 56.7 Å². The predicted molar refractivity (Wildman–Crippen MR) is 101 cm³/mol. The molecule has 0 saturated carbocycles. The van der Waals surface area contributed by atoms with Crippen LogP contribution in [0.1, 0.15) is 27.7 Å². The number of hydrogen-bond acceptors (Lipinski definition) is 5. The van der Waals surface area contributed by atoms with Crippen LogP contribution < -0.4 is 5.56 Å². The van der Waals surface area contributed by atoms with Gasteiger partial charge in [-0.2, -0.15) is 0 Å². The van der Waals surface area contributed by atoms with E-state index in [2.05, 4.69) is 11.9 Å². The molecular formula is C18H18N2O2S2. The molecule has 0 spiro atoms. The Morgan fingerprint density at radius 3 is 2.62 bits per heavy atom. The van der Waals surface area contributed by atoms with Crippen LogP contribution >= 0.6 is 23.1 Å². The quantitative estimate of drug-likeness (QED) is 0.394. The van der Waals surface area contributed by atoms with Gasteiger partial charge in [-0.25, -0.2) is 4.98 Å². The fourth-order valence-corrected chi connectivity index (χ4v) is 4.06. The first-order chi connectivity index (χ1) is 11.5. The Hall–Kier alpha value is -1.92. The first kappa shape index (κ1) is 16.9. The molecule has 24 heavy (non-hydrogen) atoms. The molecule has 2 heterocycles. The molecule has 4 nitrogen and oxygen atoms in total. The van der Waals surface area contributed by atoms with E-state index >= 15 is 0 Å². The van der Waals surface area contributed by atoms with E-state index in [9.17, 15) is 9.59 Å². The lowest BCUT2D eigenvalue weighted by molar-refractivity contribution is 0.0967. The van der Waals surface area contributed by atoms with Gasteiger partial charge in [0.05, 0.1) is 11.9 Å². The van der Waals surface area contributed by atoms with Gasteiger partial charge in [0.25, 0.3) is 5.56 Å². The fraction of sp³-hybridized carbons (Fsp3) is 0.278. The summed E-state index contributed by atoms with van der Waals surface area (Å²) in [5.74, 6) is -0.0838. The van der Waals surface area contributed by atoms with Crippen molar-refractivity contribution in [2.45, 2.75) is 32.0 Å². The number of nitrogens with zero attached hydrogens (tertiary/aromatic N) is 2. The second-order valence-corrected chi connectivity index (χ2v) is 7.45. The molecule has 0 fully saturated rings. The van der Waals surface area contributed by atoms with Gasteiger partial charge in [-0.15, -0.1) is 11.3 Å². The Labute approximate surface area is 148 Å². The van der Waals surface area contributed by atoms with Crippen LogP contribution in [-0.2, 0) is 13.0 Å². The number of carbonyl (C=O) groups is 1. The van der Waals surface area contributed by atoms with Crippen LogP contribution in [0, 0.1) is 6.92 Å². The third kappa shape index (κ3) is 3.16. The van der Waals surface area contributed by atoms with Crippen molar-refractivity contribution < 1.29 is 4.79 Å². The van der Waals surface area contributed by atoms with Crippen LogP contribution in [0.3, 0.4) is 0 Å². The lowest BCUT2D eigenvalue weighted by Gasteiger charge is -2.10. The fourth-order valence-electron chi connectivity index (χ4n) is 2.49. The van der Waals surface area contributed by atoms with Crippen molar-refractivity contribution in [2.24, 2.45) is 0 Å². The smallest absolute Gasteiger partial charge is 0.263 e. The van der Waals surface area contributed by atoms with E-state index in [4.69, 9.17) is 0 Å². The van der Waals surface area contributed by atoms with E-state index < -0.39 is 0 Å². The van der Waals surface area contributed by atoms with E-state index in [1.807, 2.05) is 31.4 Å². The summed E-state index contributed by atoms with van der Waals surface area (Å²) in [4.78, 5) is 31.8. The number of aryl methyl sites for hydroxylation is 2. The number of thiophene rings is 1. The number of fused-ring (bicyclic) bond motifs is 1. The molecule has 0 aliphatic carbocycles. The third-order valence-corrected chi connectivity index (χ3v) is 5.72. The van der Waals surface area contributed by atoms with Gasteiger partial charge in [-0.3, -0.25) is 14.2 Å². The molecule has 0 unspecified atom stereocenters. The van der Waals surface area contributed by atoms with Crippen molar-refractivity contribution in [3.8, 4) is 0 Å². The second-order valence-electron chi connectivity index (χ2n) is 5.56. The summed E-state index contributed by atoms with van der Waals surface area (Å²) in [6, 6.07) is 9.30. The molecule has 0 amide bonds. The SMILES string of the molecule is CCc1cc2c(=O)n(CC(=O)c3ccc(C)cc3)c(SC)nc2s1. The zero-order chi connectivity index (χ0) is 17.3. The van der Waals surface area contributed by atoms with Crippen molar-refractivity contribution in [1.82, 2.24) is 9.55 Å². The third-order valence-electron chi connectivity index (χ3n) is 3.87. The van der Waals surface area contributed by atoms with Crippen LogP contribution in [0.25, 0.3) is 10.2 Å². The van der Waals surface area contributed by atoms with Gasteiger partial charge in [0, 0.05) is 10.4 Å². The highest BCUT2D eigenvalue weighted by Gasteiger charge is 2.16. The lowest BCUT2D eigenvalue weighted by Crippen LogP contribution is -2.26. The summed E-state index contributed by atoms with van der Waals surface area (Å²) < 4.78 is 1.49. The molecule has 0 N–H and O–H groups in total. The van der Waals surface area contributed by atoms with Crippen LogP contribution in [-0.4, -0.2) is 21.6 Å². The largest absolute Gasteiger partial charge is 0.292 e. The molecular weight excluding hydrogens is 340 g/mol. The zero-order valence-corrected chi connectivity index (χ0v) is 15.5. The van der Waals surface area contributed by atoms with E-state index in [1.165, 1.54) is 16.3 Å². The zero-order valence-electron chi connectivity index (χ0n) is 13.8. The molecule has 124 valence electrons.